The van der Waals surface area contributed by atoms with Crippen LogP contribution in [0.5, 0.6) is 0 Å². The Morgan fingerprint density at radius 1 is 1.62 bits per heavy atom. The molecule has 1 N–H and O–H groups in total. The Morgan fingerprint density at radius 2 is 2.38 bits per heavy atom. The van der Waals surface area contributed by atoms with Gasteiger partial charge in [0.05, 0.1) is 6.54 Å². The first-order valence-electron chi connectivity index (χ1n) is 2.78. The van der Waals surface area contributed by atoms with Crippen LogP contribution in [0.4, 0.5) is 4.79 Å². The van der Waals surface area contributed by atoms with Gasteiger partial charge in [0, 0.05) is 0 Å². The van der Waals surface area contributed by atoms with Crippen LogP contribution >= 0.6 is 0 Å². The van der Waals surface area contributed by atoms with Crippen molar-refractivity contribution in [2.75, 3.05) is 6.54 Å². The summed E-state index contributed by atoms with van der Waals surface area (Å²) in [6.07, 6.45) is 1.85. The molecular formula is C5H7NO2. The Balaban J connectivity index is 2.13. The molecule has 1 aliphatic carbocycles. The van der Waals surface area contributed by atoms with E-state index >= 15 is 0 Å². The van der Waals surface area contributed by atoms with Crippen LogP contribution in [0, 0.1) is 0 Å². The summed E-state index contributed by atoms with van der Waals surface area (Å²) >= 11 is 0. The average Bonchev–Trinajstić information content (AvgIpc) is 2.34. The molecule has 0 aromatic heterocycles. The zero-order valence-corrected chi connectivity index (χ0v) is 4.44. The zero-order chi connectivity index (χ0) is 5.61. The molecule has 1 amide bonds. The van der Waals surface area contributed by atoms with Gasteiger partial charge in [-0.25, -0.2) is 4.79 Å². The Bertz CT molecular complexity index is 139. The van der Waals surface area contributed by atoms with Crippen LogP contribution in [0.3, 0.4) is 0 Å². The van der Waals surface area contributed by atoms with Crippen LogP contribution in [0.15, 0.2) is 0 Å². The van der Waals surface area contributed by atoms with Gasteiger partial charge < -0.3 is 10.1 Å². The molecule has 3 heteroatoms. The fourth-order valence-corrected chi connectivity index (χ4v) is 0.920. The van der Waals surface area contributed by atoms with Gasteiger partial charge in [0.1, 0.15) is 5.60 Å². The van der Waals surface area contributed by atoms with E-state index in [4.69, 9.17) is 4.74 Å². The Labute approximate surface area is 47.0 Å². The first-order chi connectivity index (χ1) is 3.81. The molecule has 2 aliphatic rings. The molecular weight excluding hydrogens is 106 g/mol. The van der Waals surface area contributed by atoms with Crippen LogP contribution in [0.2, 0.25) is 0 Å². The molecule has 0 aromatic rings. The fourth-order valence-electron chi connectivity index (χ4n) is 0.920. The van der Waals surface area contributed by atoms with E-state index in [0.29, 0.717) is 0 Å². The van der Waals surface area contributed by atoms with E-state index in [2.05, 4.69) is 5.32 Å². The summed E-state index contributed by atoms with van der Waals surface area (Å²) < 4.78 is 4.91. The first kappa shape index (κ1) is 4.18. The molecule has 1 spiro atoms. The third-order valence-electron chi connectivity index (χ3n) is 1.67. The van der Waals surface area contributed by atoms with E-state index in [9.17, 15) is 4.79 Å². The van der Waals surface area contributed by atoms with Crippen LogP contribution in [0.25, 0.3) is 0 Å². The van der Waals surface area contributed by atoms with Crippen LogP contribution in [-0.2, 0) is 4.74 Å². The lowest BCUT2D eigenvalue weighted by atomic mass is 10.4. The second kappa shape index (κ2) is 0.989. The first-order valence-corrected chi connectivity index (χ1v) is 2.78. The summed E-state index contributed by atoms with van der Waals surface area (Å²) in [7, 11) is 0. The highest BCUT2D eigenvalue weighted by Gasteiger charge is 2.50. The van der Waals surface area contributed by atoms with Gasteiger partial charge in [-0.2, -0.15) is 0 Å². The van der Waals surface area contributed by atoms with Crippen molar-refractivity contribution in [1.82, 2.24) is 5.32 Å². The third kappa shape index (κ3) is 0.412. The quantitative estimate of drug-likeness (QED) is 0.489. The number of nitrogens with one attached hydrogen (secondary N) is 1. The smallest absolute Gasteiger partial charge is 0.407 e. The van der Waals surface area contributed by atoms with Crippen molar-refractivity contribution < 1.29 is 9.53 Å². The van der Waals surface area contributed by atoms with E-state index in [1.165, 1.54) is 0 Å². The van der Waals surface area contributed by atoms with E-state index in [0.717, 1.165) is 19.4 Å². The maximum Gasteiger partial charge on any atom is 0.407 e. The van der Waals surface area contributed by atoms with E-state index in [1.807, 2.05) is 0 Å². The Kier molecular flexibility index (Phi) is 0.517. The molecule has 0 bridgehead atoms. The monoisotopic (exact) mass is 113 g/mol. The summed E-state index contributed by atoms with van der Waals surface area (Å²) in [6, 6.07) is 0. The molecule has 0 unspecified atom stereocenters. The van der Waals surface area contributed by atoms with Crippen molar-refractivity contribution in [2.45, 2.75) is 18.4 Å². The van der Waals surface area contributed by atoms with E-state index in [1.54, 1.807) is 0 Å². The number of carbonyl (C=O) groups excluding carboxylic acids is 1. The number of amides is 1. The fraction of sp³-hybridized carbons (Fsp3) is 0.800. The SMILES string of the molecule is O=C1NCC2(CC2)O1. The second-order valence-corrected chi connectivity index (χ2v) is 2.43. The molecule has 0 aromatic carbocycles. The largest absolute Gasteiger partial charge is 0.441 e. The topological polar surface area (TPSA) is 38.3 Å². The van der Waals surface area contributed by atoms with Gasteiger partial charge in [-0.1, -0.05) is 0 Å². The molecule has 44 valence electrons. The molecule has 0 atom stereocenters. The predicted octanol–water partition coefficient (Wildman–Crippen LogP) is 0.259. The lowest BCUT2D eigenvalue weighted by Gasteiger charge is -1.98. The summed E-state index contributed by atoms with van der Waals surface area (Å²) in [5.74, 6) is 0. The lowest BCUT2D eigenvalue weighted by molar-refractivity contribution is 0.128. The van der Waals surface area contributed by atoms with Crippen LogP contribution in [0.1, 0.15) is 12.8 Å². The van der Waals surface area contributed by atoms with Crippen molar-refractivity contribution in [3.05, 3.63) is 0 Å². The summed E-state index contributed by atoms with van der Waals surface area (Å²) in [6.45, 7) is 0.728. The minimum absolute atomic E-state index is 0.0446. The average molecular weight is 113 g/mol. The van der Waals surface area contributed by atoms with E-state index in [-0.39, 0.29) is 11.7 Å². The molecule has 0 radical (unpaired) electrons. The van der Waals surface area contributed by atoms with Crippen molar-refractivity contribution >= 4 is 6.09 Å². The summed E-state index contributed by atoms with van der Waals surface area (Å²) in [5, 5.41) is 2.61. The summed E-state index contributed by atoms with van der Waals surface area (Å²) in [4.78, 5) is 10.4. The minimum Gasteiger partial charge on any atom is -0.441 e. The standard InChI is InChI=1S/C5H7NO2/c7-4-6-3-5(8-4)1-2-5/h1-3H2,(H,6,7). The maximum absolute atomic E-state index is 10.4. The molecule has 8 heavy (non-hydrogen) atoms. The van der Waals surface area contributed by atoms with Gasteiger partial charge in [-0.3, -0.25) is 0 Å². The van der Waals surface area contributed by atoms with Gasteiger partial charge >= 0.3 is 6.09 Å². The van der Waals surface area contributed by atoms with Gasteiger partial charge in [0.15, 0.2) is 0 Å². The van der Waals surface area contributed by atoms with E-state index < -0.39 is 0 Å². The Hall–Kier alpha value is -0.730. The normalized spacial score (nSPS) is 29.8. The van der Waals surface area contributed by atoms with Crippen LogP contribution < -0.4 is 5.32 Å². The number of ether oxygens (including phenoxy) is 1. The highest BCUT2D eigenvalue weighted by atomic mass is 16.6. The number of carbonyl (C=O) groups is 1. The summed E-state index contributed by atoms with van der Waals surface area (Å²) in [5.41, 5.74) is -0.0446. The third-order valence-corrected chi connectivity index (χ3v) is 1.67. The van der Waals surface area contributed by atoms with Crippen molar-refractivity contribution in [3.63, 3.8) is 0 Å². The molecule has 1 heterocycles. The van der Waals surface area contributed by atoms with Gasteiger partial charge in [0.2, 0.25) is 0 Å². The highest BCUT2D eigenvalue weighted by Crippen LogP contribution is 2.41. The van der Waals surface area contributed by atoms with Gasteiger partial charge in [-0.15, -0.1) is 0 Å². The molecule has 2 rings (SSSR count). The van der Waals surface area contributed by atoms with Crippen LogP contribution in [-0.4, -0.2) is 18.2 Å². The number of rotatable bonds is 0. The number of alkyl carbamates (subject to hydrolysis) is 1. The van der Waals surface area contributed by atoms with Gasteiger partial charge in [0.25, 0.3) is 0 Å². The van der Waals surface area contributed by atoms with Crippen molar-refractivity contribution in [1.29, 1.82) is 0 Å². The van der Waals surface area contributed by atoms with Crippen molar-refractivity contribution in [2.24, 2.45) is 0 Å². The lowest BCUT2D eigenvalue weighted by Crippen LogP contribution is -2.15. The predicted molar refractivity (Wildman–Crippen MR) is 26.4 cm³/mol. The van der Waals surface area contributed by atoms with Gasteiger partial charge in [-0.05, 0) is 12.8 Å². The Morgan fingerprint density at radius 3 is 2.62 bits per heavy atom. The molecule has 1 saturated carbocycles. The molecule has 2 fully saturated rings. The maximum atomic E-state index is 10.4. The second-order valence-electron chi connectivity index (χ2n) is 2.43. The number of hydrogen-bond acceptors (Lipinski definition) is 2. The highest BCUT2D eigenvalue weighted by molar-refractivity contribution is 5.70. The molecule has 3 nitrogen and oxygen atoms in total. The zero-order valence-electron chi connectivity index (χ0n) is 4.44. The molecule has 1 aliphatic heterocycles. The van der Waals surface area contributed by atoms with Crippen molar-refractivity contribution in [3.8, 4) is 0 Å². The molecule has 1 saturated heterocycles. The number of hydrogen-bond donors (Lipinski definition) is 1. The minimum atomic E-state index is -0.248.